The quantitative estimate of drug-likeness (QED) is 0.0767. The minimum atomic E-state index is -1.49. The van der Waals surface area contributed by atoms with Crippen LogP contribution in [0.2, 0.25) is 0 Å². The Morgan fingerprint density at radius 1 is 0.851 bits per heavy atom. The molecule has 0 bridgehead atoms. The molecule has 0 aromatic carbocycles. The molecule has 0 spiro atoms. The van der Waals surface area contributed by atoms with Gasteiger partial charge in [0.2, 0.25) is 5.91 Å². The van der Waals surface area contributed by atoms with Gasteiger partial charge in [-0.3, -0.25) is 4.79 Å². The topological polar surface area (TPSA) is 159 Å². The maximum absolute atomic E-state index is 12.2. The molecule has 11 nitrogen and oxygen atoms in total. The second kappa shape index (κ2) is 26.4. The standard InChI is InChI=1S/C36H60N4O7/c1-2-3-4-5-6-7-8-9-10-11-12-13-14-15-16-17-18-19-20-21-22-23-24-32(42)37-27-30-28-40(39-38-30)25-26-46-36-35(45)34(44)33(43)31(29-41)47-36/h28,31,33-36,41,43-45H,2-12,17-27,29H2,1H3,(H,37,42)/t31-,33-,34+,35+,36+/m1/s1. The summed E-state index contributed by atoms with van der Waals surface area (Å²) in [6, 6.07) is 0. The van der Waals surface area contributed by atoms with Crippen LogP contribution in [0.4, 0.5) is 0 Å². The third kappa shape index (κ3) is 18.6. The molecule has 1 saturated heterocycles. The first kappa shape index (κ1) is 40.7. The molecule has 2 heterocycles. The zero-order valence-electron chi connectivity index (χ0n) is 28.6. The van der Waals surface area contributed by atoms with Crippen LogP contribution in [0.15, 0.2) is 6.20 Å². The predicted octanol–water partition coefficient (Wildman–Crippen LogP) is 4.15. The molecule has 1 fully saturated rings. The van der Waals surface area contributed by atoms with Gasteiger partial charge in [-0.1, -0.05) is 107 Å². The Balaban J connectivity index is 1.39. The van der Waals surface area contributed by atoms with E-state index in [-0.39, 0.29) is 25.6 Å². The summed E-state index contributed by atoms with van der Waals surface area (Å²) in [6.07, 6.45) is 17.3. The average molecular weight is 661 g/mol. The number of carbonyl (C=O) groups excluding carboxylic acids is 1. The summed E-state index contributed by atoms with van der Waals surface area (Å²) in [4.78, 5) is 12.2. The number of unbranched alkanes of at least 4 members (excludes halogenated alkanes) is 16. The summed E-state index contributed by atoms with van der Waals surface area (Å²) in [6.45, 7) is 2.39. The molecule has 1 aliphatic heterocycles. The molecule has 266 valence electrons. The minimum absolute atomic E-state index is 0.0185. The lowest BCUT2D eigenvalue weighted by atomic mass is 9.99. The van der Waals surface area contributed by atoms with E-state index in [1.54, 1.807) is 6.20 Å². The number of hydrogen-bond donors (Lipinski definition) is 5. The highest BCUT2D eigenvalue weighted by atomic mass is 16.7. The van der Waals surface area contributed by atoms with Gasteiger partial charge in [-0.05, 0) is 31.1 Å². The van der Waals surface area contributed by atoms with E-state index < -0.39 is 37.3 Å². The number of aliphatic hydroxyl groups excluding tert-OH is 4. The lowest BCUT2D eigenvalue weighted by Crippen LogP contribution is -2.59. The van der Waals surface area contributed by atoms with Gasteiger partial charge in [-0.2, -0.15) is 0 Å². The monoisotopic (exact) mass is 660 g/mol. The number of amides is 1. The van der Waals surface area contributed by atoms with E-state index in [0.29, 0.717) is 12.1 Å². The zero-order chi connectivity index (χ0) is 34.0. The van der Waals surface area contributed by atoms with E-state index in [9.17, 15) is 25.2 Å². The first-order valence-corrected chi connectivity index (χ1v) is 18.0. The molecule has 5 N–H and O–H groups in total. The van der Waals surface area contributed by atoms with Gasteiger partial charge in [0.25, 0.3) is 0 Å². The van der Waals surface area contributed by atoms with E-state index in [1.165, 1.54) is 68.9 Å². The van der Waals surface area contributed by atoms with E-state index >= 15 is 0 Å². The van der Waals surface area contributed by atoms with Crippen molar-refractivity contribution in [3.8, 4) is 23.7 Å². The number of rotatable bonds is 25. The maximum Gasteiger partial charge on any atom is 0.220 e. The van der Waals surface area contributed by atoms with Gasteiger partial charge in [-0.25, -0.2) is 4.68 Å². The first-order valence-electron chi connectivity index (χ1n) is 18.0. The van der Waals surface area contributed by atoms with Crippen molar-refractivity contribution in [2.75, 3.05) is 13.2 Å². The van der Waals surface area contributed by atoms with Crippen molar-refractivity contribution in [3.63, 3.8) is 0 Å². The third-order valence-electron chi connectivity index (χ3n) is 8.35. The van der Waals surface area contributed by atoms with Gasteiger partial charge >= 0.3 is 0 Å². The number of aromatic nitrogens is 3. The van der Waals surface area contributed by atoms with Crippen LogP contribution >= 0.6 is 0 Å². The van der Waals surface area contributed by atoms with Crippen molar-refractivity contribution >= 4 is 5.91 Å². The number of ether oxygens (including phenoxy) is 2. The van der Waals surface area contributed by atoms with Crippen LogP contribution in [0.1, 0.15) is 135 Å². The van der Waals surface area contributed by atoms with Gasteiger partial charge in [-0.15, -0.1) is 5.10 Å². The number of aliphatic hydroxyl groups is 4. The van der Waals surface area contributed by atoms with Crippen molar-refractivity contribution in [3.05, 3.63) is 11.9 Å². The predicted molar refractivity (Wildman–Crippen MR) is 181 cm³/mol. The highest BCUT2D eigenvalue weighted by molar-refractivity contribution is 5.75. The normalized spacial score (nSPS) is 20.7. The highest BCUT2D eigenvalue weighted by Gasteiger charge is 2.43. The Kier molecular flexibility index (Phi) is 22.9. The maximum atomic E-state index is 12.2. The van der Waals surface area contributed by atoms with Crippen LogP contribution in [0.3, 0.4) is 0 Å². The van der Waals surface area contributed by atoms with Crippen molar-refractivity contribution in [1.82, 2.24) is 20.3 Å². The number of carbonyl (C=O) groups is 1. The van der Waals surface area contributed by atoms with Crippen molar-refractivity contribution in [2.45, 2.75) is 173 Å². The van der Waals surface area contributed by atoms with E-state index in [1.807, 2.05) is 0 Å². The summed E-state index contributed by atoms with van der Waals surface area (Å²) < 4.78 is 12.3. The molecule has 1 aromatic heterocycles. The number of nitrogens with zero attached hydrogens (tertiary/aromatic N) is 3. The van der Waals surface area contributed by atoms with Gasteiger partial charge in [0.15, 0.2) is 6.29 Å². The molecule has 2 rings (SSSR count). The van der Waals surface area contributed by atoms with E-state index in [2.05, 4.69) is 46.2 Å². The van der Waals surface area contributed by atoms with E-state index in [4.69, 9.17) is 9.47 Å². The Bertz CT molecular complexity index is 1070. The van der Waals surface area contributed by atoms with Gasteiger partial charge in [0.1, 0.15) is 30.1 Å². The summed E-state index contributed by atoms with van der Waals surface area (Å²) in [5.41, 5.74) is 0.606. The fourth-order valence-electron chi connectivity index (χ4n) is 5.39. The van der Waals surface area contributed by atoms with Crippen molar-refractivity contribution < 1.29 is 34.7 Å². The smallest absolute Gasteiger partial charge is 0.220 e. The van der Waals surface area contributed by atoms with Gasteiger partial charge in [0.05, 0.1) is 32.5 Å². The van der Waals surface area contributed by atoms with Crippen molar-refractivity contribution in [1.29, 1.82) is 0 Å². The summed E-state index contributed by atoms with van der Waals surface area (Å²) in [5, 5.41) is 49.9. The second-order valence-corrected chi connectivity index (χ2v) is 12.5. The molecule has 1 aliphatic rings. The van der Waals surface area contributed by atoms with Crippen LogP contribution < -0.4 is 5.32 Å². The minimum Gasteiger partial charge on any atom is -0.394 e. The summed E-state index contributed by atoms with van der Waals surface area (Å²) >= 11 is 0. The number of hydrogen-bond acceptors (Lipinski definition) is 9. The third-order valence-corrected chi connectivity index (χ3v) is 8.35. The molecular formula is C36H60N4O7. The van der Waals surface area contributed by atoms with Crippen LogP contribution in [-0.4, -0.2) is 85.2 Å². The molecule has 1 amide bonds. The van der Waals surface area contributed by atoms with Gasteiger partial charge in [0, 0.05) is 19.3 Å². The molecule has 0 aliphatic carbocycles. The van der Waals surface area contributed by atoms with Crippen LogP contribution in [-0.2, 0) is 27.4 Å². The molecule has 1 aromatic rings. The number of nitrogens with one attached hydrogen (secondary N) is 1. The Morgan fingerprint density at radius 3 is 2.02 bits per heavy atom. The Hall–Kier alpha value is -2.51. The Morgan fingerprint density at radius 2 is 1.43 bits per heavy atom. The Labute approximate surface area is 282 Å². The fourth-order valence-corrected chi connectivity index (χ4v) is 5.39. The molecule has 0 radical (unpaired) electrons. The van der Waals surface area contributed by atoms with Gasteiger partial charge < -0.3 is 35.2 Å². The lowest BCUT2D eigenvalue weighted by molar-refractivity contribution is -0.301. The van der Waals surface area contributed by atoms with E-state index in [0.717, 1.165) is 51.4 Å². The lowest BCUT2D eigenvalue weighted by Gasteiger charge is -2.39. The molecular weight excluding hydrogens is 600 g/mol. The second-order valence-electron chi connectivity index (χ2n) is 12.5. The molecule has 11 heteroatoms. The van der Waals surface area contributed by atoms with Crippen LogP contribution in [0, 0.1) is 23.7 Å². The molecule has 5 atom stereocenters. The fraction of sp³-hybridized carbons (Fsp3) is 0.806. The SMILES string of the molecule is CCCCCCCCCCCCC#CC#CCCCCCCCCC(=O)NCc1cn(CCO[C@H]2O[C@H](CO)[C@@H](O)[C@H](O)[C@@H]2O)nn1. The largest absolute Gasteiger partial charge is 0.394 e. The molecule has 47 heavy (non-hydrogen) atoms. The van der Waals surface area contributed by atoms with Crippen LogP contribution in [0.5, 0.6) is 0 Å². The van der Waals surface area contributed by atoms with Crippen molar-refractivity contribution in [2.24, 2.45) is 0 Å². The highest BCUT2D eigenvalue weighted by Crippen LogP contribution is 2.22. The summed E-state index contributed by atoms with van der Waals surface area (Å²) in [7, 11) is 0. The molecule has 0 unspecified atom stereocenters. The first-order chi connectivity index (χ1) is 23.0. The van der Waals surface area contributed by atoms with Crippen LogP contribution in [0.25, 0.3) is 0 Å². The average Bonchev–Trinajstić information content (AvgIpc) is 3.53. The zero-order valence-corrected chi connectivity index (χ0v) is 28.6. The molecule has 0 saturated carbocycles. The summed E-state index contributed by atoms with van der Waals surface area (Å²) in [5.74, 6) is 12.3.